The topological polar surface area (TPSA) is 31.4 Å². The fraction of sp³-hybridized carbons (Fsp3) is 0.214. The molecule has 20 heavy (non-hydrogen) atoms. The predicted molar refractivity (Wildman–Crippen MR) is 66.6 cm³/mol. The molecule has 0 aliphatic heterocycles. The number of ether oxygens (including phenoxy) is 2. The van der Waals surface area contributed by atoms with E-state index in [1.165, 1.54) is 6.07 Å². The summed E-state index contributed by atoms with van der Waals surface area (Å²) in [5.74, 6) is 0.871. The minimum Gasteiger partial charge on any atom is -0.497 e. The van der Waals surface area contributed by atoms with Crippen LogP contribution in [0.25, 0.3) is 0 Å². The van der Waals surface area contributed by atoms with Crippen LogP contribution in [-0.2, 0) is 12.8 Å². The van der Waals surface area contributed by atoms with Crippen molar-refractivity contribution in [3.05, 3.63) is 53.7 Å². The van der Waals surface area contributed by atoms with Crippen molar-refractivity contribution >= 4 is 0 Å². The highest BCUT2D eigenvalue weighted by molar-refractivity contribution is 5.27. The summed E-state index contributed by atoms with van der Waals surface area (Å²) in [6.07, 6.45) is -3.63. The lowest BCUT2D eigenvalue weighted by molar-refractivity contribution is -0.137. The Morgan fingerprint density at radius 1 is 1.05 bits per heavy atom. The average molecular weight is 283 g/mol. The van der Waals surface area contributed by atoms with E-state index in [1.54, 1.807) is 19.2 Å². The summed E-state index contributed by atoms with van der Waals surface area (Å²) >= 11 is 0. The molecule has 0 aliphatic carbocycles. The van der Waals surface area contributed by atoms with Gasteiger partial charge in [-0.25, -0.2) is 4.98 Å². The van der Waals surface area contributed by atoms with Gasteiger partial charge in [-0.2, -0.15) is 13.2 Å². The van der Waals surface area contributed by atoms with E-state index in [4.69, 9.17) is 9.47 Å². The molecule has 0 N–H and O–H groups in total. The van der Waals surface area contributed by atoms with Crippen molar-refractivity contribution in [2.24, 2.45) is 0 Å². The molecule has 0 saturated heterocycles. The first kappa shape index (κ1) is 14.2. The predicted octanol–water partition coefficient (Wildman–Crippen LogP) is 3.69. The Labute approximate surface area is 114 Å². The number of nitrogens with zero attached hydrogens (tertiary/aromatic N) is 1. The van der Waals surface area contributed by atoms with Gasteiger partial charge in [-0.05, 0) is 23.8 Å². The van der Waals surface area contributed by atoms with Crippen molar-refractivity contribution in [3.8, 4) is 11.6 Å². The molecule has 0 fully saturated rings. The van der Waals surface area contributed by atoms with Gasteiger partial charge in [0.2, 0.25) is 5.88 Å². The standard InChI is InChI=1S/C14H12F3NO2/c1-19-12-5-2-10(3-6-12)9-20-13-7-4-11(8-18-13)14(15,16)17/h2-8H,9H2,1H3. The van der Waals surface area contributed by atoms with Gasteiger partial charge in [-0.3, -0.25) is 0 Å². The van der Waals surface area contributed by atoms with Gasteiger partial charge >= 0.3 is 6.18 Å². The van der Waals surface area contributed by atoms with Crippen LogP contribution < -0.4 is 9.47 Å². The first-order valence-electron chi connectivity index (χ1n) is 5.78. The van der Waals surface area contributed by atoms with E-state index in [-0.39, 0.29) is 12.5 Å². The third-order valence-corrected chi connectivity index (χ3v) is 2.61. The highest BCUT2D eigenvalue weighted by Crippen LogP contribution is 2.29. The second kappa shape index (κ2) is 5.81. The lowest BCUT2D eigenvalue weighted by Gasteiger charge is -2.08. The van der Waals surface area contributed by atoms with Crippen LogP contribution >= 0.6 is 0 Å². The highest BCUT2D eigenvalue weighted by atomic mass is 19.4. The Hall–Kier alpha value is -2.24. The number of methoxy groups -OCH3 is 1. The van der Waals surface area contributed by atoms with Gasteiger partial charge in [-0.1, -0.05) is 12.1 Å². The summed E-state index contributed by atoms with van der Waals surface area (Å²) in [7, 11) is 1.57. The largest absolute Gasteiger partial charge is 0.497 e. The Morgan fingerprint density at radius 3 is 2.25 bits per heavy atom. The molecular formula is C14H12F3NO2. The van der Waals surface area contributed by atoms with E-state index < -0.39 is 11.7 Å². The van der Waals surface area contributed by atoms with Crippen molar-refractivity contribution in [3.63, 3.8) is 0 Å². The number of benzene rings is 1. The molecule has 3 nitrogen and oxygen atoms in total. The number of aromatic nitrogens is 1. The maximum Gasteiger partial charge on any atom is 0.417 e. The second-order valence-electron chi connectivity index (χ2n) is 4.02. The molecule has 6 heteroatoms. The number of rotatable bonds is 4. The smallest absolute Gasteiger partial charge is 0.417 e. The van der Waals surface area contributed by atoms with Gasteiger partial charge < -0.3 is 9.47 Å². The average Bonchev–Trinajstić information content (AvgIpc) is 2.45. The molecule has 1 aromatic heterocycles. The van der Waals surface area contributed by atoms with Gasteiger partial charge in [0.15, 0.2) is 0 Å². The summed E-state index contributed by atoms with van der Waals surface area (Å²) in [5, 5.41) is 0. The van der Waals surface area contributed by atoms with Crippen LogP contribution in [0.5, 0.6) is 11.6 Å². The van der Waals surface area contributed by atoms with E-state index in [9.17, 15) is 13.2 Å². The number of hydrogen-bond acceptors (Lipinski definition) is 3. The lowest BCUT2D eigenvalue weighted by Crippen LogP contribution is -2.05. The minimum atomic E-state index is -4.39. The first-order valence-corrected chi connectivity index (χ1v) is 5.78. The molecule has 1 heterocycles. The van der Waals surface area contributed by atoms with Crippen LogP contribution in [0.3, 0.4) is 0 Å². The number of alkyl halides is 3. The molecule has 0 amide bonds. The van der Waals surface area contributed by atoms with Gasteiger partial charge in [0.05, 0.1) is 12.7 Å². The second-order valence-corrected chi connectivity index (χ2v) is 4.02. The Morgan fingerprint density at radius 2 is 1.75 bits per heavy atom. The summed E-state index contributed by atoms with van der Waals surface area (Å²) < 4.78 is 47.4. The fourth-order valence-electron chi connectivity index (χ4n) is 1.51. The molecule has 106 valence electrons. The van der Waals surface area contributed by atoms with Gasteiger partial charge in [-0.15, -0.1) is 0 Å². The molecule has 2 rings (SSSR count). The zero-order chi connectivity index (χ0) is 14.6. The monoisotopic (exact) mass is 283 g/mol. The lowest BCUT2D eigenvalue weighted by atomic mass is 10.2. The SMILES string of the molecule is COc1ccc(COc2ccc(C(F)(F)F)cn2)cc1. The molecule has 0 saturated carbocycles. The maximum absolute atomic E-state index is 12.3. The molecule has 1 aromatic carbocycles. The molecule has 0 spiro atoms. The van der Waals surface area contributed by atoms with E-state index in [0.717, 1.165) is 23.6 Å². The molecular weight excluding hydrogens is 271 g/mol. The van der Waals surface area contributed by atoms with Crippen LogP contribution in [-0.4, -0.2) is 12.1 Å². The van der Waals surface area contributed by atoms with Crippen LogP contribution in [0.2, 0.25) is 0 Å². The summed E-state index contributed by atoms with van der Waals surface area (Å²) in [6.45, 7) is 0.225. The van der Waals surface area contributed by atoms with Gasteiger partial charge in [0, 0.05) is 12.3 Å². The van der Waals surface area contributed by atoms with E-state index >= 15 is 0 Å². The molecule has 0 radical (unpaired) electrons. The molecule has 2 aromatic rings. The highest BCUT2D eigenvalue weighted by Gasteiger charge is 2.30. The minimum absolute atomic E-state index is 0.147. The van der Waals surface area contributed by atoms with Crippen molar-refractivity contribution in [2.45, 2.75) is 12.8 Å². The van der Waals surface area contributed by atoms with Crippen LogP contribution in [0.4, 0.5) is 13.2 Å². The maximum atomic E-state index is 12.3. The van der Waals surface area contributed by atoms with Crippen LogP contribution in [0, 0.1) is 0 Å². The molecule has 0 aliphatic rings. The molecule has 0 unspecified atom stereocenters. The molecule has 0 bridgehead atoms. The van der Waals surface area contributed by atoms with E-state index in [2.05, 4.69) is 4.98 Å². The first-order chi connectivity index (χ1) is 9.49. The molecule has 0 atom stereocenters. The quantitative estimate of drug-likeness (QED) is 0.857. The van der Waals surface area contributed by atoms with Crippen LogP contribution in [0.15, 0.2) is 42.6 Å². The summed E-state index contributed by atoms with van der Waals surface area (Å²) in [5.41, 5.74) is 0.0711. The fourth-order valence-corrected chi connectivity index (χ4v) is 1.51. The summed E-state index contributed by atoms with van der Waals surface area (Å²) in [4.78, 5) is 3.63. The Bertz CT molecular complexity index is 550. The van der Waals surface area contributed by atoms with Crippen molar-refractivity contribution < 1.29 is 22.6 Å². The van der Waals surface area contributed by atoms with Gasteiger partial charge in [0.1, 0.15) is 12.4 Å². The zero-order valence-electron chi connectivity index (χ0n) is 10.6. The van der Waals surface area contributed by atoms with E-state index in [1.807, 2.05) is 12.1 Å². The van der Waals surface area contributed by atoms with Crippen molar-refractivity contribution in [1.29, 1.82) is 0 Å². The van der Waals surface area contributed by atoms with Crippen LogP contribution in [0.1, 0.15) is 11.1 Å². The Kier molecular flexibility index (Phi) is 4.12. The Balaban J connectivity index is 1.96. The number of halogens is 3. The number of pyridine rings is 1. The van der Waals surface area contributed by atoms with Gasteiger partial charge in [0.25, 0.3) is 0 Å². The van der Waals surface area contributed by atoms with Crippen molar-refractivity contribution in [1.82, 2.24) is 4.98 Å². The zero-order valence-corrected chi connectivity index (χ0v) is 10.6. The summed E-state index contributed by atoms with van der Waals surface area (Å²) in [6, 6.07) is 9.31. The normalized spacial score (nSPS) is 11.2. The van der Waals surface area contributed by atoms with E-state index in [0.29, 0.717) is 0 Å². The number of hydrogen-bond donors (Lipinski definition) is 0. The third kappa shape index (κ3) is 3.63. The van der Waals surface area contributed by atoms with Crippen molar-refractivity contribution in [2.75, 3.05) is 7.11 Å². The third-order valence-electron chi connectivity index (χ3n) is 2.61.